The van der Waals surface area contributed by atoms with Crippen LogP contribution in [0.5, 0.6) is 0 Å². The van der Waals surface area contributed by atoms with Crippen LogP contribution in [0, 0.1) is 13.8 Å². The van der Waals surface area contributed by atoms with Crippen molar-refractivity contribution in [3.05, 3.63) is 39.7 Å². The Bertz CT molecular complexity index is 526. The van der Waals surface area contributed by atoms with Crippen molar-refractivity contribution in [1.29, 1.82) is 0 Å². The largest absolute Gasteiger partial charge is 0.314 e. The van der Waals surface area contributed by atoms with Crippen LogP contribution in [0.1, 0.15) is 29.3 Å². The molecule has 0 saturated heterocycles. The molecule has 0 atom stereocenters. The lowest BCUT2D eigenvalue weighted by molar-refractivity contribution is 0.590. The molecule has 3 heteroatoms. The van der Waals surface area contributed by atoms with Gasteiger partial charge in [0.25, 0.3) is 0 Å². The number of aryl methyl sites for hydroxylation is 2. The summed E-state index contributed by atoms with van der Waals surface area (Å²) in [6.45, 7) is 9.61. The predicted molar refractivity (Wildman–Crippen MR) is 83.9 cm³/mol. The molecule has 2 aromatic rings. The van der Waals surface area contributed by atoms with Gasteiger partial charge in [-0.05, 0) is 13.8 Å². The molecule has 2 rings (SSSR count). The molecule has 0 aliphatic carbocycles. The van der Waals surface area contributed by atoms with Gasteiger partial charge in [-0.1, -0.05) is 43.7 Å². The van der Waals surface area contributed by atoms with Gasteiger partial charge in [0.05, 0.1) is 10.7 Å². The van der Waals surface area contributed by atoms with Gasteiger partial charge in [-0.15, -0.1) is 11.3 Å². The zero-order chi connectivity index (χ0) is 13.8. The van der Waals surface area contributed by atoms with Gasteiger partial charge in [0.1, 0.15) is 0 Å². The van der Waals surface area contributed by atoms with Gasteiger partial charge < -0.3 is 5.32 Å². The molecule has 0 bridgehead atoms. The molecule has 0 amide bonds. The standard InChI is InChI=1S/C16H22N2S/c1-11(2)17-10-9-15-18-16(13(4)19-15)14-7-5-12(3)6-8-14/h5-8,11,17H,9-10H2,1-4H3. The molecule has 2 nitrogen and oxygen atoms in total. The monoisotopic (exact) mass is 274 g/mol. The summed E-state index contributed by atoms with van der Waals surface area (Å²) < 4.78 is 0. The van der Waals surface area contributed by atoms with Gasteiger partial charge in [-0.2, -0.15) is 0 Å². The van der Waals surface area contributed by atoms with Crippen molar-refractivity contribution in [3.8, 4) is 11.3 Å². The fraction of sp³-hybridized carbons (Fsp3) is 0.438. The van der Waals surface area contributed by atoms with Crippen LogP contribution in [0.2, 0.25) is 0 Å². The van der Waals surface area contributed by atoms with Gasteiger partial charge >= 0.3 is 0 Å². The van der Waals surface area contributed by atoms with Crippen LogP contribution < -0.4 is 5.32 Å². The first kappa shape index (κ1) is 14.2. The second-order valence-corrected chi connectivity index (χ2v) is 6.52. The first-order valence-corrected chi connectivity index (χ1v) is 7.64. The fourth-order valence-corrected chi connectivity index (χ4v) is 2.96. The molecule has 0 aliphatic rings. The lowest BCUT2D eigenvalue weighted by atomic mass is 10.1. The summed E-state index contributed by atoms with van der Waals surface area (Å²) in [7, 11) is 0. The summed E-state index contributed by atoms with van der Waals surface area (Å²) in [5.74, 6) is 0. The Kier molecular flexibility index (Phi) is 4.72. The van der Waals surface area contributed by atoms with Crippen LogP contribution in [0.3, 0.4) is 0 Å². The highest BCUT2D eigenvalue weighted by Gasteiger charge is 2.09. The Morgan fingerprint density at radius 1 is 1.16 bits per heavy atom. The summed E-state index contributed by atoms with van der Waals surface area (Å²) in [6, 6.07) is 9.15. The molecule has 102 valence electrons. The van der Waals surface area contributed by atoms with Crippen LogP contribution in [0.4, 0.5) is 0 Å². The number of rotatable bonds is 5. The van der Waals surface area contributed by atoms with Crippen LogP contribution in [-0.4, -0.2) is 17.6 Å². The molecule has 0 radical (unpaired) electrons. The summed E-state index contributed by atoms with van der Waals surface area (Å²) in [5, 5.41) is 4.66. The average Bonchev–Trinajstić information content (AvgIpc) is 2.71. The number of nitrogens with one attached hydrogen (secondary N) is 1. The van der Waals surface area contributed by atoms with E-state index in [1.54, 1.807) is 0 Å². The normalized spacial score (nSPS) is 11.2. The first-order chi connectivity index (χ1) is 9.06. The second kappa shape index (κ2) is 6.31. The lowest BCUT2D eigenvalue weighted by Crippen LogP contribution is -2.24. The van der Waals surface area contributed by atoms with Crippen molar-refractivity contribution in [2.24, 2.45) is 0 Å². The molecule has 0 saturated carbocycles. The quantitative estimate of drug-likeness (QED) is 0.892. The van der Waals surface area contributed by atoms with E-state index >= 15 is 0 Å². The number of hydrogen-bond acceptors (Lipinski definition) is 3. The zero-order valence-electron chi connectivity index (χ0n) is 12.2. The highest BCUT2D eigenvalue weighted by atomic mass is 32.1. The van der Waals surface area contributed by atoms with E-state index < -0.39 is 0 Å². The van der Waals surface area contributed by atoms with E-state index in [1.165, 1.54) is 21.0 Å². The van der Waals surface area contributed by atoms with E-state index in [9.17, 15) is 0 Å². The smallest absolute Gasteiger partial charge is 0.0948 e. The van der Waals surface area contributed by atoms with E-state index in [0.717, 1.165) is 18.7 Å². The van der Waals surface area contributed by atoms with Crippen molar-refractivity contribution in [2.45, 2.75) is 40.2 Å². The van der Waals surface area contributed by atoms with Crippen LogP contribution in [0.15, 0.2) is 24.3 Å². The molecular formula is C16H22N2S. The molecule has 1 N–H and O–H groups in total. The highest BCUT2D eigenvalue weighted by molar-refractivity contribution is 7.12. The molecule has 1 aromatic heterocycles. The van der Waals surface area contributed by atoms with Crippen molar-refractivity contribution in [2.75, 3.05) is 6.54 Å². The molecule has 19 heavy (non-hydrogen) atoms. The van der Waals surface area contributed by atoms with E-state index in [-0.39, 0.29) is 0 Å². The summed E-state index contributed by atoms with van der Waals surface area (Å²) in [4.78, 5) is 6.09. The topological polar surface area (TPSA) is 24.9 Å². The van der Waals surface area contributed by atoms with Gasteiger partial charge in [0.15, 0.2) is 0 Å². The Balaban J connectivity index is 2.10. The van der Waals surface area contributed by atoms with Crippen molar-refractivity contribution in [1.82, 2.24) is 10.3 Å². The Labute approximate surface area is 119 Å². The maximum atomic E-state index is 4.79. The maximum Gasteiger partial charge on any atom is 0.0948 e. The number of benzene rings is 1. The minimum atomic E-state index is 0.539. The summed E-state index contributed by atoms with van der Waals surface area (Å²) in [5.41, 5.74) is 3.66. The molecule has 0 spiro atoms. The first-order valence-electron chi connectivity index (χ1n) is 6.83. The van der Waals surface area contributed by atoms with Crippen LogP contribution >= 0.6 is 11.3 Å². The van der Waals surface area contributed by atoms with Gasteiger partial charge in [-0.3, -0.25) is 0 Å². The SMILES string of the molecule is Cc1ccc(-c2nc(CCNC(C)C)sc2C)cc1. The maximum absolute atomic E-state index is 4.79. The lowest BCUT2D eigenvalue weighted by Gasteiger charge is -2.05. The Morgan fingerprint density at radius 3 is 2.47 bits per heavy atom. The molecular weight excluding hydrogens is 252 g/mol. The van der Waals surface area contributed by atoms with Gasteiger partial charge in [0.2, 0.25) is 0 Å². The third-order valence-electron chi connectivity index (χ3n) is 3.06. The van der Waals surface area contributed by atoms with Crippen molar-refractivity contribution < 1.29 is 0 Å². The number of thiazole rings is 1. The second-order valence-electron chi connectivity index (χ2n) is 5.24. The molecule has 1 aromatic carbocycles. The minimum absolute atomic E-state index is 0.539. The Morgan fingerprint density at radius 2 is 1.84 bits per heavy atom. The van der Waals surface area contributed by atoms with E-state index in [2.05, 4.69) is 57.3 Å². The number of nitrogens with zero attached hydrogens (tertiary/aromatic N) is 1. The third kappa shape index (κ3) is 3.88. The Hall–Kier alpha value is -1.19. The van der Waals surface area contributed by atoms with E-state index in [1.807, 2.05) is 11.3 Å². The van der Waals surface area contributed by atoms with E-state index in [0.29, 0.717) is 6.04 Å². The van der Waals surface area contributed by atoms with Gasteiger partial charge in [0, 0.05) is 29.4 Å². The number of hydrogen-bond donors (Lipinski definition) is 1. The molecule has 0 fully saturated rings. The van der Waals surface area contributed by atoms with Crippen LogP contribution in [-0.2, 0) is 6.42 Å². The zero-order valence-corrected chi connectivity index (χ0v) is 13.0. The van der Waals surface area contributed by atoms with Crippen molar-refractivity contribution in [3.63, 3.8) is 0 Å². The predicted octanol–water partition coefficient (Wildman–Crippen LogP) is 3.97. The molecule has 0 unspecified atom stereocenters. The third-order valence-corrected chi connectivity index (χ3v) is 4.09. The summed E-state index contributed by atoms with van der Waals surface area (Å²) >= 11 is 1.81. The van der Waals surface area contributed by atoms with Crippen molar-refractivity contribution >= 4 is 11.3 Å². The fourth-order valence-electron chi connectivity index (χ4n) is 2.01. The summed E-state index contributed by atoms with van der Waals surface area (Å²) in [6.07, 6.45) is 1.01. The average molecular weight is 274 g/mol. The molecule has 0 aliphatic heterocycles. The van der Waals surface area contributed by atoms with Crippen LogP contribution in [0.25, 0.3) is 11.3 Å². The number of aromatic nitrogens is 1. The molecule has 1 heterocycles. The van der Waals surface area contributed by atoms with Gasteiger partial charge in [-0.25, -0.2) is 4.98 Å². The highest BCUT2D eigenvalue weighted by Crippen LogP contribution is 2.27. The minimum Gasteiger partial charge on any atom is -0.314 e. The van der Waals surface area contributed by atoms with E-state index in [4.69, 9.17) is 4.98 Å².